The predicted octanol–water partition coefficient (Wildman–Crippen LogP) is 0.619. The summed E-state index contributed by atoms with van der Waals surface area (Å²) in [5, 5.41) is 7.11. The molecular weight excluding hydrogens is 138 g/mol. The molecule has 1 atom stereocenters. The third-order valence-corrected chi connectivity index (χ3v) is 2.46. The van der Waals surface area contributed by atoms with E-state index in [1.165, 1.54) is 12.8 Å². The van der Waals surface area contributed by atoms with E-state index in [0.29, 0.717) is 6.04 Å². The molecule has 11 heavy (non-hydrogen) atoms. The minimum atomic E-state index is 0.644. The normalized spacial score (nSPS) is 27.1. The van der Waals surface area contributed by atoms with Gasteiger partial charge in [-0.3, -0.25) is 10.3 Å². The van der Waals surface area contributed by atoms with Crippen LogP contribution < -0.4 is 0 Å². The Kier molecular flexibility index (Phi) is 2.88. The average Bonchev–Trinajstić information content (AvgIpc) is 2.05. The van der Waals surface area contributed by atoms with Crippen molar-refractivity contribution >= 4 is 6.34 Å². The molecule has 0 aromatic carbocycles. The zero-order chi connectivity index (χ0) is 8.27. The fraction of sp³-hybridized carbons (Fsp3) is 0.875. The first-order valence-corrected chi connectivity index (χ1v) is 4.22. The van der Waals surface area contributed by atoms with Crippen molar-refractivity contribution in [1.82, 2.24) is 9.80 Å². The summed E-state index contributed by atoms with van der Waals surface area (Å²) in [4.78, 5) is 4.45. The minimum Gasteiger partial charge on any atom is -0.360 e. The van der Waals surface area contributed by atoms with E-state index in [1.807, 2.05) is 0 Å². The van der Waals surface area contributed by atoms with Crippen molar-refractivity contribution in [3.8, 4) is 0 Å². The SMILES string of the molecule is CC[C@@H]1CN(C=N)CCN1C. The van der Waals surface area contributed by atoms with Crippen molar-refractivity contribution in [1.29, 1.82) is 5.41 Å². The highest BCUT2D eigenvalue weighted by molar-refractivity contribution is 5.50. The highest BCUT2D eigenvalue weighted by atomic mass is 15.3. The van der Waals surface area contributed by atoms with Crippen LogP contribution in [0.3, 0.4) is 0 Å². The van der Waals surface area contributed by atoms with E-state index in [-0.39, 0.29) is 0 Å². The second-order valence-electron chi connectivity index (χ2n) is 3.17. The van der Waals surface area contributed by atoms with Crippen LogP contribution in [0, 0.1) is 5.41 Å². The van der Waals surface area contributed by atoms with Crippen LogP contribution in [0.4, 0.5) is 0 Å². The van der Waals surface area contributed by atoms with E-state index in [0.717, 1.165) is 19.6 Å². The van der Waals surface area contributed by atoms with Gasteiger partial charge in [0, 0.05) is 25.7 Å². The Morgan fingerprint density at radius 2 is 2.27 bits per heavy atom. The standard InChI is InChI=1S/C8H17N3/c1-3-8-6-11(7-9)5-4-10(8)2/h7-9H,3-6H2,1-2H3/t8-/m1/s1. The number of nitrogens with one attached hydrogen (secondary N) is 1. The molecule has 0 spiro atoms. The van der Waals surface area contributed by atoms with E-state index < -0.39 is 0 Å². The minimum absolute atomic E-state index is 0.644. The lowest BCUT2D eigenvalue weighted by molar-refractivity contribution is 0.140. The summed E-state index contributed by atoms with van der Waals surface area (Å²) >= 11 is 0. The summed E-state index contributed by atoms with van der Waals surface area (Å²) in [6.45, 7) is 5.33. The number of nitrogens with zero attached hydrogens (tertiary/aromatic N) is 2. The topological polar surface area (TPSA) is 30.3 Å². The lowest BCUT2D eigenvalue weighted by Gasteiger charge is -2.37. The molecule has 0 aromatic heterocycles. The van der Waals surface area contributed by atoms with Crippen molar-refractivity contribution in [2.45, 2.75) is 19.4 Å². The van der Waals surface area contributed by atoms with Crippen LogP contribution in [0.1, 0.15) is 13.3 Å². The summed E-state index contributed by atoms with van der Waals surface area (Å²) in [7, 11) is 2.16. The molecule has 3 nitrogen and oxygen atoms in total. The van der Waals surface area contributed by atoms with Crippen LogP contribution in [0.25, 0.3) is 0 Å². The lowest BCUT2D eigenvalue weighted by Crippen LogP contribution is -2.50. The first kappa shape index (κ1) is 8.53. The second-order valence-corrected chi connectivity index (χ2v) is 3.17. The molecule has 1 rings (SSSR count). The average molecular weight is 155 g/mol. The Morgan fingerprint density at radius 1 is 1.55 bits per heavy atom. The summed E-state index contributed by atoms with van der Waals surface area (Å²) < 4.78 is 0. The number of hydrogen-bond donors (Lipinski definition) is 1. The highest BCUT2D eigenvalue weighted by Gasteiger charge is 2.20. The number of hydrogen-bond acceptors (Lipinski definition) is 2. The van der Waals surface area contributed by atoms with E-state index >= 15 is 0 Å². The third-order valence-electron chi connectivity index (χ3n) is 2.46. The van der Waals surface area contributed by atoms with Gasteiger partial charge in [-0.1, -0.05) is 6.92 Å². The van der Waals surface area contributed by atoms with Gasteiger partial charge in [0.1, 0.15) is 0 Å². The van der Waals surface area contributed by atoms with E-state index in [2.05, 4.69) is 23.8 Å². The first-order valence-electron chi connectivity index (χ1n) is 4.22. The quantitative estimate of drug-likeness (QED) is 0.468. The zero-order valence-electron chi connectivity index (χ0n) is 7.38. The molecule has 1 saturated heterocycles. The monoisotopic (exact) mass is 155 g/mol. The van der Waals surface area contributed by atoms with Crippen LogP contribution in [-0.2, 0) is 0 Å². The Morgan fingerprint density at radius 3 is 2.82 bits per heavy atom. The molecule has 0 aliphatic carbocycles. The van der Waals surface area contributed by atoms with Crippen LogP contribution in [0.5, 0.6) is 0 Å². The predicted molar refractivity (Wildman–Crippen MR) is 47.1 cm³/mol. The van der Waals surface area contributed by atoms with Gasteiger partial charge in [0.15, 0.2) is 0 Å². The van der Waals surface area contributed by atoms with Gasteiger partial charge in [-0.15, -0.1) is 0 Å². The van der Waals surface area contributed by atoms with Gasteiger partial charge >= 0.3 is 0 Å². The number of likely N-dealkylation sites (N-methyl/N-ethyl adjacent to an activating group) is 1. The first-order chi connectivity index (χ1) is 5.27. The van der Waals surface area contributed by atoms with Gasteiger partial charge in [0.05, 0.1) is 6.34 Å². The van der Waals surface area contributed by atoms with Gasteiger partial charge < -0.3 is 4.90 Å². The Balaban J connectivity index is 2.43. The van der Waals surface area contributed by atoms with Gasteiger partial charge in [-0.2, -0.15) is 0 Å². The zero-order valence-corrected chi connectivity index (χ0v) is 7.38. The summed E-state index contributed by atoms with van der Waals surface area (Å²) in [5.74, 6) is 0. The summed E-state index contributed by atoms with van der Waals surface area (Å²) in [6.07, 6.45) is 2.64. The molecule has 1 heterocycles. The second kappa shape index (κ2) is 3.72. The third kappa shape index (κ3) is 1.93. The Labute approximate surface area is 68.5 Å². The molecular formula is C8H17N3. The Hall–Kier alpha value is -0.570. The van der Waals surface area contributed by atoms with Gasteiger partial charge in [0.25, 0.3) is 0 Å². The maximum atomic E-state index is 7.11. The molecule has 0 amide bonds. The Bertz CT molecular complexity index is 135. The van der Waals surface area contributed by atoms with Crippen molar-refractivity contribution in [2.75, 3.05) is 26.7 Å². The smallest absolute Gasteiger partial charge is 0.0818 e. The molecule has 1 aliphatic rings. The highest BCUT2D eigenvalue weighted by Crippen LogP contribution is 2.08. The van der Waals surface area contributed by atoms with E-state index in [9.17, 15) is 0 Å². The van der Waals surface area contributed by atoms with Crippen molar-refractivity contribution in [2.24, 2.45) is 0 Å². The van der Waals surface area contributed by atoms with Crippen molar-refractivity contribution in [3.05, 3.63) is 0 Å². The van der Waals surface area contributed by atoms with Crippen LogP contribution in [-0.4, -0.2) is 48.9 Å². The molecule has 1 N–H and O–H groups in total. The molecule has 0 radical (unpaired) electrons. The molecule has 0 unspecified atom stereocenters. The van der Waals surface area contributed by atoms with Crippen molar-refractivity contribution in [3.63, 3.8) is 0 Å². The fourth-order valence-electron chi connectivity index (χ4n) is 1.53. The van der Waals surface area contributed by atoms with Crippen LogP contribution >= 0.6 is 0 Å². The van der Waals surface area contributed by atoms with E-state index in [1.54, 1.807) is 0 Å². The number of rotatable bonds is 2. The fourth-order valence-corrected chi connectivity index (χ4v) is 1.53. The number of piperazine rings is 1. The van der Waals surface area contributed by atoms with Crippen LogP contribution in [0.2, 0.25) is 0 Å². The van der Waals surface area contributed by atoms with Gasteiger partial charge in [-0.25, -0.2) is 0 Å². The van der Waals surface area contributed by atoms with Gasteiger partial charge in [0.2, 0.25) is 0 Å². The maximum absolute atomic E-state index is 7.11. The molecule has 64 valence electrons. The lowest BCUT2D eigenvalue weighted by atomic mass is 10.1. The van der Waals surface area contributed by atoms with Gasteiger partial charge in [-0.05, 0) is 13.5 Å². The van der Waals surface area contributed by atoms with Crippen molar-refractivity contribution < 1.29 is 0 Å². The molecule has 0 saturated carbocycles. The van der Waals surface area contributed by atoms with E-state index in [4.69, 9.17) is 5.41 Å². The summed E-state index contributed by atoms with van der Waals surface area (Å²) in [5.41, 5.74) is 0. The molecule has 1 fully saturated rings. The largest absolute Gasteiger partial charge is 0.360 e. The molecule has 0 bridgehead atoms. The molecule has 3 heteroatoms. The summed E-state index contributed by atoms with van der Waals surface area (Å²) in [6, 6.07) is 0.644. The molecule has 0 aromatic rings. The maximum Gasteiger partial charge on any atom is 0.0818 e. The van der Waals surface area contributed by atoms with Crippen LogP contribution in [0.15, 0.2) is 0 Å². The molecule has 1 aliphatic heterocycles.